The highest BCUT2D eigenvalue weighted by Crippen LogP contribution is 2.39. The number of rotatable bonds is 6. The fourth-order valence-corrected chi connectivity index (χ4v) is 3.07. The Morgan fingerprint density at radius 1 is 0.794 bits per heavy atom. The van der Waals surface area contributed by atoms with Crippen LogP contribution in [0.3, 0.4) is 0 Å². The number of aromatic hydroxyl groups is 5. The molecule has 14 heteroatoms. The fourth-order valence-electron chi connectivity index (χ4n) is 3.07. The van der Waals surface area contributed by atoms with E-state index in [-0.39, 0.29) is 5.56 Å². The fraction of sp³-hybridized carbons (Fsp3) is 0.300. The standard InChI is InChI=1S/C20H20O14/c21-8-3-7(4-9(22)13(8)25)19(31)32-5-12-14(26)15(27)16(28)20(33-12)34-17-10(23)1-6(18(29)30)2-11(17)24/h1-4,12,14-16,20-28H,5H2,(H,29,30)/t12-,14-,15+,16-,20-/m1/s1. The number of esters is 1. The predicted octanol–water partition coefficient (Wildman–Crippen LogP) is -1.04. The molecular weight excluding hydrogens is 464 g/mol. The molecule has 0 amide bonds. The third kappa shape index (κ3) is 4.84. The van der Waals surface area contributed by atoms with Gasteiger partial charge in [-0.2, -0.15) is 0 Å². The summed E-state index contributed by atoms with van der Waals surface area (Å²) in [5.41, 5.74) is -0.848. The number of benzene rings is 2. The number of carbonyl (C=O) groups excluding carboxylic acids is 1. The van der Waals surface area contributed by atoms with Crippen molar-refractivity contribution < 1.29 is 69.8 Å². The number of phenolic OH excluding ortho intramolecular Hbond substituents is 5. The average Bonchev–Trinajstić information content (AvgIpc) is 2.78. The lowest BCUT2D eigenvalue weighted by Gasteiger charge is -2.39. The van der Waals surface area contributed by atoms with Gasteiger partial charge in [0.2, 0.25) is 12.0 Å². The van der Waals surface area contributed by atoms with Crippen molar-refractivity contribution in [3.05, 3.63) is 35.4 Å². The van der Waals surface area contributed by atoms with E-state index in [1.165, 1.54) is 0 Å². The summed E-state index contributed by atoms with van der Waals surface area (Å²) >= 11 is 0. The highest BCUT2D eigenvalue weighted by molar-refractivity contribution is 5.91. The van der Waals surface area contributed by atoms with E-state index in [0.717, 1.165) is 24.3 Å². The number of ether oxygens (including phenoxy) is 3. The van der Waals surface area contributed by atoms with Crippen molar-refractivity contribution in [2.24, 2.45) is 0 Å². The molecule has 34 heavy (non-hydrogen) atoms. The van der Waals surface area contributed by atoms with E-state index in [4.69, 9.17) is 19.3 Å². The number of carbonyl (C=O) groups is 2. The first kappa shape index (κ1) is 24.7. The molecule has 1 aliphatic heterocycles. The molecule has 0 spiro atoms. The second kappa shape index (κ2) is 9.48. The molecule has 0 unspecified atom stereocenters. The van der Waals surface area contributed by atoms with E-state index in [1.807, 2.05) is 0 Å². The second-order valence-electron chi connectivity index (χ2n) is 7.24. The average molecular weight is 484 g/mol. The zero-order chi connectivity index (χ0) is 25.3. The van der Waals surface area contributed by atoms with E-state index in [1.54, 1.807) is 0 Å². The Hall–Kier alpha value is -3.98. The molecule has 0 bridgehead atoms. The van der Waals surface area contributed by atoms with Gasteiger partial charge in [-0.3, -0.25) is 0 Å². The number of aliphatic hydroxyl groups excluding tert-OH is 3. The van der Waals surface area contributed by atoms with Gasteiger partial charge in [0.25, 0.3) is 0 Å². The Bertz CT molecular complexity index is 1050. The van der Waals surface area contributed by atoms with Gasteiger partial charge in [-0.25, -0.2) is 9.59 Å². The Kier molecular flexibility index (Phi) is 6.88. The Balaban J connectivity index is 1.74. The van der Waals surface area contributed by atoms with Crippen LogP contribution in [-0.4, -0.2) is 95.2 Å². The van der Waals surface area contributed by atoms with Gasteiger partial charge >= 0.3 is 11.9 Å². The Morgan fingerprint density at radius 2 is 1.32 bits per heavy atom. The first-order valence-corrected chi connectivity index (χ1v) is 9.48. The lowest BCUT2D eigenvalue weighted by atomic mass is 9.99. The first-order valence-electron chi connectivity index (χ1n) is 9.48. The molecule has 14 nitrogen and oxygen atoms in total. The van der Waals surface area contributed by atoms with Crippen LogP contribution in [0.25, 0.3) is 0 Å². The van der Waals surface area contributed by atoms with Crippen LogP contribution in [0.1, 0.15) is 20.7 Å². The maximum absolute atomic E-state index is 12.2. The summed E-state index contributed by atoms with van der Waals surface area (Å²) in [6.45, 7) is -0.734. The van der Waals surface area contributed by atoms with Crippen molar-refractivity contribution in [2.75, 3.05) is 6.61 Å². The van der Waals surface area contributed by atoms with Crippen molar-refractivity contribution in [2.45, 2.75) is 30.7 Å². The third-order valence-corrected chi connectivity index (χ3v) is 4.88. The van der Waals surface area contributed by atoms with Crippen LogP contribution in [0, 0.1) is 0 Å². The maximum Gasteiger partial charge on any atom is 0.338 e. The van der Waals surface area contributed by atoms with Gasteiger partial charge in [-0.05, 0) is 24.3 Å². The highest BCUT2D eigenvalue weighted by Gasteiger charge is 2.46. The minimum atomic E-state index is -1.91. The van der Waals surface area contributed by atoms with Crippen LogP contribution >= 0.6 is 0 Å². The number of aliphatic hydroxyl groups is 3. The zero-order valence-corrected chi connectivity index (χ0v) is 17.0. The van der Waals surface area contributed by atoms with Crippen molar-refractivity contribution in [3.8, 4) is 34.5 Å². The van der Waals surface area contributed by atoms with Crippen LogP contribution in [0.4, 0.5) is 0 Å². The third-order valence-electron chi connectivity index (χ3n) is 4.88. The quantitative estimate of drug-likeness (QED) is 0.176. The molecule has 1 saturated heterocycles. The predicted molar refractivity (Wildman–Crippen MR) is 106 cm³/mol. The maximum atomic E-state index is 12.2. The molecule has 5 atom stereocenters. The number of hydrogen-bond donors (Lipinski definition) is 9. The van der Waals surface area contributed by atoms with Gasteiger partial charge in [0.1, 0.15) is 31.0 Å². The summed E-state index contributed by atoms with van der Waals surface area (Å²) in [6.07, 6.45) is -8.93. The van der Waals surface area contributed by atoms with E-state index in [0.29, 0.717) is 0 Å². The van der Waals surface area contributed by atoms with E-state index >= 15 is 0 Å². The summed E-state index contributed by atoms with van der Waals surface area (Å²) < 4.78 is 15.4. The van der Waals surface area contributed by atoms with Gasteiger partial charge in [0, 0.05) is 0 Å². The van der Waals surface area contributed by atoms with Crippen molar-refractivity contribution in [1.29, 1.82) is 0 Å². The van der Waals surface area contributed by atoms with Gasteiger partial charge in [-0.1, -0.05) is 0 Å². The first-order chi connectivity index (χ1) is 15.9. The second-order valence-corrected chi connectivity index (χ2v) is 7.24. The van der Waals surface area contributed by atoms with Gasteiger partial charge in [0.05, 0.1) is 11.1 Å². The molecule has 0 radical (unpaired) electrons. The van der Waals surface area contributed by atoms with Gasteiger partial charge < -0.3 is 60.2 Å². The lowest BCUT2D eigenvalue weighted by Crippen LogP contribution is -2.60. The smallest absolute Gasteiger partial charge is 0.338 e. The van der Waals surface area contributed by atoms with Gasteiger partial charge in [0.15, 0.2) is 28.7 Å². The minimum absolute atomic E-state index is 0.375. The molecule has 2 aromatic carbocycles. The summed E-state index contributed by atoms with van der Waals surface area (Å²) in [5, 5.41) is 87.6. The topological polar surface area (TPSA) is 244 Å². The van der Waals surface area contributed by atoms with Crippen LogP contribution in [0.2, 0.25) is 0 Å². The molecule has 9 N–H and O–H groups in total. The van der Waals surface area contributed by atoms with Gasteiger partial charge in [-0.15, -0.1) is 0 Å². The molecule has 1 aliphatic rings. The molecule has 2 aromatic rings. The molecule has 0 aliphatic carbocycles. The number of carboxylic acid groups (broad SMARTS) is 1. The number of carboxylic acids is 1. The number of phenols is 5. The number of hydrogen-bond acceptors (Lipinski definition) is 13. The highest BCUT2D eigenvalue weighted by atomic mass is 16.7. The summed E-state index contributed by atoms with van der Waals surface area (Å²) in [6, 6.07) is 3.10. The molecular formula is C20H20O14. The van der Waals surface area contributed by atoms with Crippen molar-refractivity contribution >= 4 is 11.9 Å². The van der Waals surface area contributed by atoms with Crippen LogP contribution in [0.15, 0.2) is 24.3 Å². The largest absolute Gasteiger partial charge is 0.504 e. The summed E-state index contributed by atoms with van der Waals surface area (Å²) in [5.74, 6) is -7.40. The van der Waals surface area contributed by atoms with E-state index in [9.17, 15) is 50.4 Å². The van der Waals surface area contributed by atoms with Crippen LogP contribution in [0.5, 0.6) is 34.5 Å². The molecule has 0 saturated carbocycles. The monoisotopic (exact) mass is 484 g/mol. The molecule has 1 fully saturated rings. The van der Waals surface area contributed by atoms with Crippen LogP contribution in [-0.2, 0) is 9.47 Å². The molecule has 0 aromatic heterocycles. The van der Waals surface area contributed by atoms with Crippen molar-refractivity contribution in [1.82, 2.24) is 0 Å². The molecule has 1 heterocycles. The molecule has 184 valence electrons. The Morgan fingerprint density at radius 3 is 1.85 bits per heavy atom. The zero-order valence-electron chi connectivity index (χ0n) is 17.0. The summed E-state index contributed by atoms with van der Waals surface area (Å²) in [4.78, 5) is 23.2. The van der Waals surface area contributed by atoms with Crippen molar-refractivity contribution in [3.63, 3.8) is 0 Å². The van der Waals surface area contributed by atoms with E-state index in [2.05, 4.69) is 0 Å². The normalized spacial score (nSPS) is 24.4. The minimum Gasteiger partial charge on any atom is -0.504 e. The number of aromatic carboxylic acids is 1. The van der Waals surface area contributed by atoms with E-state index < -0.39 is 89.3 Å². The summed E-state index contributed by atoms with van der Waals surface area (Å²) in [7, 11) is 0. The SMILES string of the molecule is O=C(O)c1cc(O)c(O[C@H]2O[C@H](COC(=O)c3cc(O)c(O)c(O)c3)[C@@H](O)[C@H](O)[C@H]2O)c(O)c1. The molecule has 3 rings (SSSR count). The Labute approximate surface area is 189 Å². The van der Waals surface area contributed by atoms with Crippen LogP contribution < -0.4 is 4.74 Å². The lowest BCUT2D eigenvalue weighted by molar-refractivity contribution is -0.277.